The number of nitrogens with one attached hydrogen (secondary N) is 1. The van der Waals surface area contributed by atoms with Crippen LogP contribution in [-0.4, -0.2) is 148 Å². The van der Waals surface area contributed by atoms with E-state index in [2.05, 4.69) is 52.8 Å². The molecule has 3 saturated heterocycles. The third-order valence-electron chi connectivity index (χ3n) is 18.5. The Morgan fingerprint density at radius 1 is 0.474 bits per heavy atom. The first-order valence-corrected chi connectivity index (χ1v) is 43.0. The molecule has 3 amide bonds. The zero-order valence-electron chi connectivity index (χ0n) is 63.4. The molecular weight excluding hydrogens is 1780 g/mol. The molecule has 6 heterocycles. The van der Waals surface area contributed by atoms with Gasteiger partial charge in [-0.3, -0.25) is 19.2 Å². The Morgan fingerprint density at radius 2 is 0.789 bits per heavy atom. The summed E-state index contributed by atoms with van der Waals surface area (Å²) in [7, 11) is 0. The number of piperidine rings is 3. The Hall–Kier alpha value is -5.90. The Labute approximate surface area is 731 Å². The van der Waals surface area contributed by atoms with Crippen LogP contribution in [0.4, 0.5) is 13.2 Å². The zero-order chi connectivity index (χ0) is 78.8. The summed E-state index contributed by atoms with van der Waals surface area (Å²) in [5, 5.41) is 12.4. The summed E-state index contributed by atoms with van der Waals surface area (Å²) in [5.41, 5.74) is 4.52. The number of likely N-dealkylation sites (tertiary alicyclic amines) is 3. The molecule has 1 aliphatic carbocycles. The Kier molecular flexibility index (Phi) is 46.1. The number of aromatic nitrogens is 3. The van der Waals surface area contributed by atoms with Gasteiger partial charge in [0.15, 0.2) is 17.5 Å². The Morgan fingerprint density at radius 3 is 1.13 bits per heavy atom. The topological polar surface area (TPSA) is 255 Å². The van der Waals surface area contributed by atoms with Gasteiger partial charge in [0.05, 0.1) is 72.2 Å². The number of hydrogen-bond donors (Lipinski definition) is 2. The standard InChI is InChI=1S/C25H26ClFN2O3S.C23H22ClFN2O3S.C18H15ClFNO2S.C7H12BrNO.C6H12.C2H2Br2O.2CH4.Li.2H2O/c1-3-32-25(31)17-8-7-9-18(14-17)33-24-16(2)29(15-21(30)28-12-5-4-6-13-28)23-19(24)10-11-20(26)22(23)27;1-14-22(31-16-7-5-6-15(12-16)23(29)30)17-8-9-18(24)20(25)21(17)27(14)13-19(28)26-10-3-2-4-11-26;1-3-23-18(22)11-5-4-6-12(9-11)24-17-10(2)21-16-13(17)7-8-14(19)15(16)20;8-6-7(10)9-4-2-1-3-5-9;1-2-4-6-5-3-1;3-1-2(4)5;;;;;/h7-11,14H,3-6,12-13,15H2,1-2H3;5-9,12H,2-4,10-11,13H2,1H3,(H,29,30);4-9,21H,3H2,1-2H3;1-6H2;1-6H2;1H2;2*1H4;;2*1H2/q;;;;;;;;+1;;/p-1. The number of carbonyl (C=O) groups excluding carboxylic acids is 6. The van der Waals surface area contributed by atoms with Crippen molar-refractivity contribution in [1.82, 2.24) is 28.8 Å². The van der Waals surface area contributed by atoms with Crippen LogP contribution in [0, 0.1) is 38.2 Å². The third-order valence-corrected chi connectivity index (χ3v) is 25.0. The molecule has 3 aliphatic heterocycles. The first-order valence-electron chi connectivity index (χ1n) is 36.3. The van der Waals surface area contributed by atoms with E-state index >= 15 is 8.78 Å². The molecule has 1 saturated carbocycles. The summed E-state index contributed by atoms with van der Waals surface area (Å²) in [5.74, 6) is -3.11. The Balaban J connectivity index is 0.000000386. The molecule has 9 aromatic rings. The number of carboxylic acids is 1. The van der Waals surface area contributed by atoms with Crippen LogP contribution in [0.1, 0.15) is 173 Å². The normalized spacial score (nSPS) is 13.5. The number of hydrogen-bond acceptors (Lipinski definition) is 13. The van der Waals surface area contributed by atoms with Gasteiger partial charge in [-0.05, 0) is 199 Å². The van der Waals surface area contributed by atoms with Crippen molar-refractivity contribution in [3.63, 3.8) is 0 Å². The van der Waals surface area contributed by atoms with Crippen LogP contribution < -0.4 is 18.9 Å². The van der Waals surface area contributed by atoms with Crippen LogP contribution >= 0.6 is 118 Å². The maximum absolute atomic E-state index is 15.2. The number of benzene rings is 6. The number of amides is 3. The summed E-state index contributed by atoms with van der Waals surface area (Å²) in [4.78, 5) is 95.6. The van der Waals surface area contributed by atoms with Crippen LogP contribution in [0.3, 0.4) is 0 Å². The van der Waals surface area contributed by atoms with Gasteiger partial charge in [-0.25, -0.2) is 27.6 Å². The molecule has 0 spiro atoms. The molecule has 18 nitrogen and oxygen atoms in total. The van der Waals surface area contributed by atoms with Gasteiger partial charge in [-0.2, -0.15) is 0 Å². The maximum atomic E-state index is 15.2. The molecule has 13 rings (SSSR count). The van der Waals surface area contributed by atoms with Crippen molar-refractivity contribution < 1.29 is 91.1 Å². The van der Waals surface area contributed by atoms with Crippen molar-refractivity contribution in [3.8, 4) is 0 Å². The van der Waals surface area contributed by atoms with Crippen LogP contribution in [0.2, 0.25) is 15.1 Å². The third kappa shape index (κ3) is 28.4. The van der Waals surface area contributed by atoms with E-state index < -0.39 is 23.4 Å². The van der Waals surface area contributed by atoms with Crippen molar-refractivity contribution in [1.29, 1.82) is 0 Å². The summed E-state index contributed by atoms with van der Waals surface area (Å²) in [6, 6.07) is 30.8. The zero-order valence-corrected chi connectivity index (χ0v) is 72.9. The smallest absolute Gasteiger partial charge is 0.870 e. The molecule has 31 heteroatoms. The van der Waals surface area contributed by atoms with Crippen LogP contribution in [-0.2, 0) is 41.7 Å². The predicted molar refractivity (Wildman–Crippen MR) is 461 cm³/mol. The average Bonchev–Trinajstić information content (AvgIpc) is 1.61. The first-order chi connectivity index (χ1) is 52.4. The van der Waals surface area contributed by atoms with Gasteiger partial charge in [0.25, 0.3) is 0 Å². The number of H-pyrrole nitrogens is 1. The van der Waals surface area contributed by atoms with E-state index in [0.29, 0.717) is 62.3 Å². The predicted octanol–water partition coefficient (Wildman–Crippen LogP) is 19.6. The van der Waals surface area contributed by atoms with Gasteiger partial charge in [0.1, 0.15) is 13.1 Å². The molecule has 616 valence electrons. The number of aromatic carboxylic acids is 1. The van der Waals surface area contributed by atoms with Crippen molar-refractivity contribution >= 4 is 191 Å². The van der Waals surface area contributed by atoms with E-state index in [4.69, 9.17) is 44.3 Å². The number of aromatic amines is 1. The fourth-order valence-electron chi connectivity index (χ4n) is 12.9. The SMILES string of the molecule is C.C.C1CCCCC1.CCOC(=O)c1cccc(Sc2c(C)[nH]c3c(F)c(Cl)ccc23)c1.CCOC(=O)c1cccc(Sc2c(C)n(CC(=O)N3CCCCC3)c3c(F)c(Cl)ccc23)c1.Cc1c(Sc2cccc(C(=O)O)c2)c2ccc(Cl)c(F)c2n1CC(=O)N1CCCCC1.O.O=C(Br)CBr.O=C(CBr)N1CCCCC1.[Li+].[OH-]. The number of fused-ring (bicyclic) bond motifs is 3. The molecule has 114 heavy (non-hydrogen) atoms. The molecular formula is C83H100Br3Cl3F3LiN6O12S3. The van der Waals surface area contributed by atoms with E-state index in [1.165, 1.54) is 111 Å². The number of carboxylic acid groups (broad SMARTS) is 1. The minimum absolute atomic E-state index is 0. The van der Waals surface area contributed by atoms with Gasteiger partial charge in [0.2, 0.25) is 22.4 Å². The second kappa shape index (κ2) is 51.4. The molecule has 4 aliphatic rings. The summed E-state index contributed by atoms with van der Waals surface area (Å²) < 4.78 is 58.0. The monoisotopic (exact) mass is 1870 g/mol. The number of alkyl halides is 2. The largest absolute Gasteiger partial charge is 1.00 e. The quantitative estimate of drug-likeness (QED) is 0.0372. The molecule has 0 radical (unpaired) electrons. The van der Waals surface area contributed by atoms with Gasteiger partial charge in [0, 0.05) is 102 Å². The van der Waals surface area contributed by atoms with E-state index in [1.54, 1.807) is 95.8 Å². The van der Waals surface area contributed by atoms with Crippen molar-refractivity contribution in [2.75, 3.05) is 63.1 Å². The molecule has 0 atom stereocenters. The summed E-state index contributed by atoms with van der Waals surface area (Å²) >= 11 is 31.0. The number of carbonyl (C=O) groups is 7. The van der Waals surface area contributed by atoms with Gasteiger partial charge >= 0.3 is 36.8 Å². The second-order valence-electron chi connectivity index (χ2n) is 26.1. The fraction of sp³-hybridized carbons (Fsp3) is 0.410. The minimum atomic E-state index is -1.01. The number of aryl methyl sites for hydroxylation is 1. The van der Waals surface area contributed by atoms with Crippen LogP contribution in [0.15, 0.2) is 139 Å². The number of halogens is 9. The molecule has 0 unspecified atom stereocenters. The summed E-state index contributed by atoms with van der Waals surface area (Å²) in [6.45, 7) is 14.7. The molecule has 4 fully saturated rings. The fourth-order valence-corrected chi connectivity index (χ4v) is 17.0. The number of esters is 2. The summed E-state index contributed by atoms with van der Waals surface area (Å²) in [6.07, 6.45) is 18.9. The average molecular weight is 1880 g/mol. The van der Waals surface area contributed by atoms with Crippen molar-refractivity contribution in [2.24, 2.45) is 0 Å². The molecule has 5 N–H and O–H groups in total. The first kappa shape index (κ1) is 102. The van der Waals surface area contributed by atoms with E-state index in [-0.39, 0.29) is 113 Å². The van der Waals surface area contributed by atoms with Crippen molar-refractivity contribution in [3.05, 3.63) is 175 Å². The van der Waals surface area contributed by atoms with E-state index in [9.17, 15) is 43.1 Å². The van der Waals surface area contributed by atoms with Gasteiger partial charge < -0.3 is 54.4 Å². The molecule has 6 aromatic carbocycles. The van der Waals surface area contributed by atoms with E-state index in [1.807, 2.05) is 53.7 Å². The Bertz CT molecular complexity index is 4680. The van der Waals surface area contributed by atoms with Gasteiger partial charge in [-0.1, -0.05) is 174 Å². The maximum Gasteiger partial charge on any atom is 1.00 e. The minimum Gasteiger partial charge on any atom is -0.870 e. The number of rotatable bonds is 17. The number of ether oxygens (including phenoxy) is 2. The molecule has 3 aromatic heterocycles. The molecule has 0 bridgehead atoms. The second-order valence-corrected chi connectivity index (χ2v) is 32.6. The number of nitrogens with zero attached hydrogens (tertiary/aromatic N) is 5. The van der Waals surface area contributed by atoms with Crippen LogP contribution in [0.5, 0.6) is 0 Å². The van der Waals surface area contributed by atoms with Gasteiger partial charge in [-0.15, -0.1) is 0 Å². The van der Waals surface area contributed by atoms with E-state index in [0.717, 1.165) is 130 Å². The van der Waals surface area contributed by atoms with Crippen LogP contribution in [0.25, 0.3) is 32.7 Å². The van der Waals surface area contributed by atoms with Crippen molar-refractivity contribution in [2.45, 2.75) is 188 Å².